The van der Waals surface area contributed by atoms with Crippen molar-refractivity contribution in [3.63, 3.8) is 0 Å². The molecule has 2 aromatic carbocycles. The summed E-state index contributed by atoms with van der Waals surface area (Å²) in [5, 5.41) is 3.14. The lowest BCUT2D eigenvalue weighted by molar-refractivity contribution is -0.113. The number of methoxy groups -OCH3 is 2. The molecular formula is C18H21NO3S. The second-order valence-electron chi connectivity index (χ2n) is 4.98. The molecule has 2 aromatic rings. The number of thioether (sulfide) groups is 1. The number of benzene rings is 2. The summed E-state index contributed by atoms with van der Waals surface area (Å²) in [6.07, 6.45) is 0. The van der Waals surface area contributed by atoms with E-state index in [1.165, 1.54) is 5.56 Å². The Morgan fingerprint density at radius 2 is 1.87 bits per heavy atom. The van der Waals surface area contributed by atoms with E-state index in [2.05, 4.69) is 24.4 Å². The Kier molecular flexibility index (Phi) is 6.35. The Hall–Kier alpha value is -2.14. The second-order valence-corrected chi connectivity index (χ2v) is 6.31. The van der Waals surface area contributed by atoms with E-state index in [-0.39, 0.29) is 11.2 Å². The second kappa shape index (κ2) is 8.48. The molecule has 1 atom stereocenters. The Bertz CT molecular complexity index is 646. The molecule has 0 spiro atoms. The predicted molar refractivity (Wildman–Crippen MR) is 95.5 cm³/mol. The largest absolute Gasteiger partial charge is 0.497 e. The Morgan fingerprint density at radius 3 is 2.52 bits per heavy atom. The minimum Gasteiger partial charge on any atom is -0.497 e. The van der Waals surface area contributed by atoms with Crippen molar-refractivity contribution in [2.24, 2.45) is 0 Å². The first-order valence-corrected chi connectivity index (χ1v) is 8.37. The molecule has 0 aliphatic heterocycles. The van der Waals surface area contributed by atoms with Gasteiger partial charge in [0, 0.05) is 11.3 Å². The van der Waals surface area contributed by atoms with Gasteiger partial charge in [0.15, 0.2) is 0 Å². The van der Waals surface area contributed by atoms with E-state index in [1.54, 1.807) is 44.2 Å². The van der Waals surface area contributed by atoms with E-state index in [1.807, 2.05) is 18.2 Å². The number of anilines is 1. The van der Waals surface area contributed by atoms with Crippen LogP contribution in [0.4, 0.5) is 5.69 Å². The molecule has 0 fully saturated rings. The van der Waals surface area contributed by atoms with Gasteiger partial charge in [-0.2, -0.15) is 0 Å². The van der Waals surface area contributed by atoms with Crippen LogP contribution in [-0.4, -0.2) is 25.9 Å². The van der Waals surface area contributed by atoms with Crippen molar-refractivity contribution in [2.75, 3.05) is 25.3 Å². The third kappa shape index (κ3) is 4.93. The first-order valence-electron chi connectivity index (χ1n) is 7.32. The average molecular weight is 331 g/mol. The van der Waals surface area contributed by atoms with Gasteiger partial charge >= 0.3 is 0 Å². The molecule has 23 heavy (non-hydrogen) atoms. The monoisotopic (exact) mass is 331 g/mol. The zero-order chi connectivity index (χ0) is 16.7. The van der Waals surface area contributed by atoms with Crippen molar-refractivity contribution >= 4 is 23.4 Å². The van der Waals surface area contributed by atoms with Gasteiger partial charge in [-0.3, -0.25) is 4.79 Å². The molecule has 122 valence electrons. The fourth-order valence-electron chi connectivity index (χ4n) is 2.12. The van der Waals surface area contributed by atoms with Gasteiger partial charge < -0.3 is 14.8 Å². The first-order chi connectivity index (χ1) is 11.1. The van der Waals surface area contributed by atoms with Crippen LogP contribution >= 0.6 is 11.8 Å². The molecule has 0 radical (unpaired) electrons. The van der Waals surface area contributed by atoms with Gasteiger partial charge in [0.1, 0.15) is 11.5 Å². The molecule has 4 nitrogen and oxygen atoms in total. The lowest BCUT2D eigenvalue weighted by Gasteiger charge is -2.13. The number of carbonyl (C=O) groups excluding carboxylic acids is 1. The summed E-state index contributed by atoms with van der Waals surface area (Å²) in [5.74, 6) is 1.59. The minimum absolute atomic E-state index is 0.0654. The molecule has 0 bridgehead atoms. The molecule has 0 aliphatic carbocycles. The number of amides is 1. The van der Waals surface area contributed by atoms with Crippen LogP contribution in [0.1, 0.15) is 17.7 Å². The third-order valence-electron chi connectivity index (χ3n) is 3.41. The Labute approximate surface area is 141 Å². The molecule has 0 heterocycles. The maximum atomic E-state index is 12.2. The highest BCUT2D eigenvalue weighted by Gasteiger charge is 2.12. The molecule has 0 aromatic heterocycles. The van der Waals surface area contributed by atoms with E-state index in [9.17, 15) is 4.79 Å². The quantitative estimate of drug-likeness (QED) is 0.828. The molecule has 5 heteroatoms. The van der Waals surface area contributed by atoms with Gasteiger partial charge in [-0.05, 0) is 24.6 Å². The molecule has 0 saturated heterocycles. The number of rotatable bonds is 7. The number of ether oxygens (including phenoxy) is 2. The predicted octanol–water partition coefficient (Wildman–Crippen LogP) is 4.14. The van der Waals surface area contributed by atoms with Crippen molar-refractivity contribution in [1.82, 2.24) is 0 Å². The van der Waals surface area contributed by atoms with Crippen LogP contribution in [0.5, 0.6) is 11.5 Å². The topological polar surface area (TPSA) is 47.6 Å². The summed E-state index contributed by atoms with van der Waals surface area (Å²) in [6, 6.07) is 15.5. The lowest BCUT2D eigenvalue weighted by atomic mass is 10.2. The van der Waals surface area contributed by atoms with Crippen molar-refractivity contribution < 1.29 is 14.3 Å². The van der Waals surface area contributed by atoms with Crippen LogP contribution in [0.2, 0.25) is 0 Å². The van der Waals surface area contributed by atoms with Gasteiger partial charge in [-0.15, -0.1) is 11.8 Å². The lowest BCUT2D eigenvalue weighted by Crippen LogP contribution is -2.15. The maximum absolute atomic E-state index is 12.2. The smallest absolute Gasteiger partial charge is 0.234 e. The fourth-order valence-corrected chi connectivity index (χ4v) is 2.94. The maximum Gasteiger partial charge on any atom is 0.234 e. The zero-order valence-corrected chi connectivity index (χ0v) is 14.4. The van der Waals surface area contributed by atoms with Crippen LogP contribution in [0, 0.1) is 0 Å². The van der Waals surface area contributed by atoms with Crippen molar-refractivity contribution in [2.45, 2.75) is 12.2 Å². The summed E-state index contributed by atoms with van der Waals surface area (Å²) < 4.78 is 10.4. The van der Waals surface area contributed by atoms with Gasteiger partial charge in [-0.1, -0.05) is 30.3 Å². The van der Waals surface area contributed by atoms with Crippen LogP contribution < -0.4 is 14.8 Å². The highest BCUT2D eigenvalue weighted by Crippen LogP contribution is 2.30. The van der Waals surface area contributed by atoms with Gasteiger partial charge in [0.05, 0.1) is 25.7 Å². The molecule has 0 aliphatic rings. The molecule has 1 N–H and O–H groups in total. The molecule has 1 unspecified atom stereocenters. The number of carbonyl (C=O) groups is 1. The van der Waals surface area contributed by atoms with E-state index in [4.69, 9.17) is 9.47 Å². The van der Waals surface area contributed by atoms with Crippen LogP contribution in [0.25, 0.3) is 0 Å². The zero-order valence-electron chi connectivity index (χ0n) is 13.5. The molecule has 0 saturated carbocycles. The van der Waals surface area contributed by atoms with Crippen molar-refractivity contribution in [3.05, 3.63) is 54.1 Å². The molecular weight excluding hydrogens is 310 g/mol. The standard InChI is InChI=1S/C18H21NO3S/c1-13(14-7-5-4-6-8-14)23-12-18(20)19-16-11-15(21-2)9-10-17(16)22-3/h4-11,13H,12H2,1-3H3,(H,19,20). The highest BCUT2D eigenvalue weighted by atomic mass is 32.2. The van der Waals surface area contributed by atoms with Crippen molar-refractivity contribution in [1.29, 1.82) is 0 Å². The third-order valence-corrected chi connectivity index (χ3v) is 4.62. The minimum atomic E-state index is -0.0654. The van der Waals surface area contributed by atoms with E-state index >= 15 is 0 Å². The number of hydrogen-bond acceptors (Lipinski definition) is 4. The van der Waals surface area contributed by atoms with Gasteiger partial charge in [0.25, 0.3) is 0 Å². The van der Waals surface area contributed by atoms with E-state index in [0.29, 0.717) is 22.9 Å². The summed E-state index contributed by atoms with van der Waals surface area (Å²) in [4.78, 5) is 12.2. The molecule has 1 amide bonds. The summed E-state index contributed by atoms with van der Waals surface area (Å²) in [7, 11) is 3.16. The summed E-state index contributed by atoms with van der Waals surface area (Å²) in [6.45, 7) is 2.10. The van der Waals surface area contributed by atoms with E-state index < -0.39 is 0 Å². The Balaban J connectivity index is 1.94. The van der Waals surface area contributed by atoms with Crippen molar-refractivity contribution in [3.8, 4) is 11.5 Å². The van der Waals surface area contributed by atoms with E-state index in [0.717, 1.165) is 0 Å². The Morgan fingerprint density at radius 1 is 1.13 bits per heavy atom. The fraction of sp³-hybridized carbons (Fsp3) is 0.278. The number of hydrogen-bond donors (Lipinski definition) is 1. The molecule has 2 rings (SSSR count). The first kappa shape index (κ1) is 17.2. The summed E-state index contributed by atoms with van der Waals surface area (Å²) in [5.41, 5.74) is 1.83. The van der Waals surface area contributed by atoms with Gasteiger partial charge in [0.2, 0.25) is 5.91 Å². The summed E-state index contributed by atoms with van der Waals surface area (Å²) >= 11 is 1.60. The van der Waals surface area contributed by atoms with Gasteiger partial charge in [-0.25, -0.2) is 0 Å². The number of nitrogens with one attached hydrogen (secondary N) is 1. The van der Waals surface area contributed by atoms with Crippen LogP contribution in [-0.2, 0) is 4.79 Å². The van der Waals surface area contributed by atoms with Crippen LogP contribution in [0.15, 0.2) is 48.5 Å². The normalized spacial score (nSPS) is 11.6. The average Bonchev–Trinajstić information content (AvgIpc) is 2.60. The van der Waals surface area contributed by atoms with Crippen LogP contribution in [0.3, 0.4) is 0 Å². The highest BCUT2D eigenvalue weighted by molar-refractivity contribution is 8.00. The SMILES string of the molecule is COc1ccc(OC)c(NC(=O)CSC(C)c2ccccc2)c1.